The molecule has 0 aromatic heterocycles. The molecule has 0 heterocycles. The van der Waals surface area contributed by atoms with E-state index in [9.17, 15) is 14.7 Å². The molecule has 5 nitrogen and oxygen atoms in total. The van der Waals surface area contributed by atoms with Crippen LogP contribution in [-0.4, -0.2) is 36.4 Å². The summed E-state index contributed by atoms with van der Waals surface area (Å²) in [5.41, 5.74) is 0. The molecule has 0 aliphatic carbocycles. The van der Waals surface area contributed by atoms with Crippen molar-refractivity contribution in [2.24, 2.45) is 0 Å². The highest BCUT2D eigenvalue weighted by molar-refractivity contribution is 5.70. The highest BCUT2D eigenvalue weighted by Gasteiger charge is 2.16. The van der Waals surface area contributed by atoms with E-state index < -0.39 is 6.10 Å². The van der Waals surface area contributed by atoms with Crippen molar-refractivity contribution in [3.05, 3.63) is 72.9 Å². The predicted octanol–water partition coefficient (Wildman–Crippen LogP) is 26.2. The van der Waals surface area contributed by atoms with Gasteiger partial charge in [-0.1, -0.05) is 395 Å². The highest BCUT2D eigenvalue weighted by atomic mass is 16.6. The molecule has 0 rings (SSSR count). The Hall–Kier alpha value is -2.66. The number of esters is 2. The Balaban J connectivity index is 3.40. The van der Waals surface area contributed by atoms with Crippen molar-refractivity contribution in [1.82, 2.24) is 0 Å². The topological polar surface area (TPSA) is 72.8 Å². The third-order valence-corrected chi connectivity index (χ3v) is 17.0. The standard InChI is InChI=1S/C79H144O5/c1-3-5-7-9-11-13-15-17-19-21-23-25-27-29-31-33-35-37-39-41-43-45-47-49-51-53-55-57-59-61-63-65-67-69-71-73-78(81)83-76-77(75-80)84-79(82)74-72-70-68-66-64-62-60-58-56-54-52-50-48-46-44-42-40-38-36-34-32-30-28-26-24-22-20-18-16-14-12-10-8-6-4-2/h6,8,12,14,18,20,24,26,30,32,36,38,77,80H,3-5,7,9-11,13,15-17,19,21-23,25,27-29,31,33-35,37,39-76H2,1-2H3/b8-6-,14-12-,20-18-,26-24-,32-30-,38-36-. The molecule has 0 amide bonds. The summed E-state index contributed by atoms with van der Waals surface area (Å²) >= 11 is 0. The van der Waals surface area contributed by atoms with E-state index in [1.165, 1.54) is 302 Å². The van der Waals surface area contributed by atoms with E-state index in [1.807, 2.05) is 0 Å². The van der Waals surface area contributed by atoms with Gasteiger partial charge in [0.25, 0.3) is 0 Å². The average Bonchev–Trinajstić information content (AvgIpc) is 3.51. The Morgan fingerprint density at radius 2 is 0.512 bits per heavy atom. The lowest BCUT2D eigenvalue weighted by molar-refractivity contribution is -0.161. The summed E-state index contributed by atoms with van der Waals surface area (Å²) in [4.78, 5) is 24.7. The number of aliphatic hydroxyl groups excluding tert-OH is 1. The van der Waals surface area contributed by atoms with Gasteiger partial charge in [-0.05, 0) is 64.2 Å². The van der Waals surface area contributed by atoms with Gasteiger partial charge in [0, 0.05) is 12.8 Å². The van der Waals surface area contributed by atoms with Gasteiger partial charge < -0.3 is 14.6 Å². The van der Waals surface area contributed by atoms with Crippen molar-refractivity contribution >= 4 is 11.9 Å². The van der Waals surface area contributed by atoms with E-state index in [0.29, 0.717) is 12.8 Å². The lowest BCUT2D eigenvalue weighted by atomic mass is 10.0. The number of carbonyl (C=O) groups excluding carboxylic acids is 2. The first-order valence-corrected chi connectivity index (χ1v) is 37.5. The van der Waals surface area contributed by atoms with Crippen LogP contribution in [-0.2, 0) is 19.1 Å². The van der Waals surface area contributed by atoms with Gasteiger partial charge in [-0.2, -0.15) is 0 Å². The number of hydrogen-bond donors (Lipinski definition) is 1. The molecule has 0 aromatic rings. The van der Waals surface area contributed by atoms with Crippen LogP contribution in [0.25, 0.3) is 0 Å². The Bertz CT molecular complexity index is 1470. The fourth-order valence-electron chi connectivity index (χ4n) is 11.4. The van der Waals surface area contributed by atoms with Crippen LogP contribution in [0.15, 0.2) is 72.9 Å². The Morgan fingerprint density at radius 3 is 0.774 bits per heavy atom. The maximum absolute atomic E-state index is 12.4. The van der Waals surface area contributed by atoms with E-state index in [0.717, 1.165) is 70.6 Å². The molecule has 0 bridgehead atoms. The lowest BCUT2D eigenvalue weighted by Crippen LogP contribution is -2.28. The fourth-order valence-corrected chi connectivity index (χ4v) is 11.4. The predicted molar refractivity (Wildman–Crippen MR) is 371 cm³/mol. The van der Waals surface area contributed by atoms with E-state index in [2.05, 4.69) is 86.8 Å². The molecule has 490 valence electrons. The number of carbonyl (C=O) groups is 2. The quantitative estimate of drug-likeness (QED) is 0.0373. The second-order valence-corrected chi connectivity index (χ2v) is 25.4. The number of rotatable bonds is 70. The molecule has 84 heavy (non-hydrogen) atoms. The van der Waals surface area contributed by atoms with Crippen molar-refractivity contribution in [2.75, 3.05) is 13.2 Å². The van der Waals surface area contributed by atoms with Gasteiger partial charge in [0.1, 0.15) is 6.61 Å². The zero-order chi connectivity index (χ0) is 60.5. The van der Waals surface area contributed by atoms with Crippen LogP contribution < -0.4 is 0 Å². The van der Waals surface area contributed by atoms with Crippen molar-refractivity contribution in [1.29, 1.82) is 0 Å². The fraction of sp³-hybridized carbons (Fsp3) is 0.823. The molecule has 0 fully saturated rings. The van der Waals surface area contributed by atoms with Gasteiger partial charge >= 0.3 is 11.9 Å². The van der Waals surface area contributed by atoms with Gasteiger partial charge in [0.2, 0.25) is 0 Å². The van der Waals surface area contributed by atoms with E-state index in [4.69, 9.17) is 9.47 Å². The molecular weight excluding hydrogens is 1030 g/mol. The van der Waals surface area contributed by atoms with Crippen LogP contribution in [0, 0.1) is 0 Å². The Morgan fingerprint density at radius 1 is 0.286 bits per heavy atom. The molecule has 0 aliphatic heterocycles. The number of hydrogen-bond acceptors (Lipinski definition) is 5. The van der Waals surface area contributed by atoms with Gasteiger partial charge in [0.15, 0.2) is 6.10 Å². The average molecular weight is 1170 g/mol. The number of ether oxygens (including phenoxy) is 2. The van der Waals surface area contributed by atoms with Gasteiger partial charge in [0.05, 0.1) is 6.61 Å². The molecule has 0 saturated heterocycles. The third-order valence-electron chi connectivity index (χ3n) is 17.0. The summed E-state index contributed by atoms with van der Waals surface area (Å²) in [6.07, 6.45) is 104. The minimum Gasteiger partial charge on any atom is -0.462 e. The molecule has 5 heteroatoms. The second kappa shape index (κ2) is 74.6. The minimum absolute atomic E-state index is 0.0619. The number of aliphatic hydroxyl groups is 1. The van der Waals surface area contributed by atoms with Crippen LogP contribution in [0.1, 0.15) is 399 Å². The Labute approximate surface area is 524 Å². The first kappa shape index (κ1) is 81.3. The molecular formula is C79H144O5. The van der Waals surface area contributed by atoms with Gasteiger partial charge in [-0.3, -0.25) is 9.59 Å². The van der Waals surface area contributed by atoms with Crippen LogP contribution in [0.5, 0.6) is 0 Å². The van der Waals surface area contributed by atoms with E-state index in [-0.39, 0.29) is 25.2 Å². The first-order valence-electron chi connectivity index (χ1n) is 37.5. The summed E-state index contributed by atoms with van der Waals surface area (Å²) in [7, 11) is 0. The number of unbranched alkanes of at least 4 members (excludes halogenated alkanes) is 50. The summed E-state index contributed by atoms with van der Waals surface area (Å²) in [5, 5.41) is 9.72. The molecule has 1 unspecified atom stereocenters. The SMILES string of the molecule is CC/C=C\C/C=C\C/C=C\C/C=C\C/C=C\C/C=C\CCCCCCCCCCCCCCCCCCC(=O)OC(CO)COC(=O)CCCCCCCCCCCCCCCCCCCCCCCCCCCCCCCCCCCCC. The van der Waals surface area contributed by atoms with Crippen LogP contribution >= 0.6 is 0 Å². The van der Waals surface area contributed by atoms with Gasteiger partial charge in [-0.25, -0.2) is 0 Å². The van der Waals surface area contributed by atoms with Crippen molar-refractivity contribution in [3.8, 4) is 0 Å². The third kappa shape index (κ3) is 71.8. The molecule has 1 N–H and O–H groups in total. The molecule has 0 aliphatic rings. The Kier molecular flexibility index (Phi) is 72.2. The molecule has 0 spiro atoms. The van der Waals surface area contributed by atoms with Crippen LogP contribution in [0.3, 0.4) is 0 Å². The zero-order valence-corrected chi connectivity index (χ0v) is 56.4. The van der Waals surface area contributed by atoms with E-state index >= 15 is 0 Å². The normalized spacial score (nSPS) is 12.6. The summed E-state index contributed by atoms with van der Waals surface area (Å²) in [5.74, 6) is -0.570. The first-order chi connectivity index (χ1) is 41.6. The minimum atomic E-state index is -0.774. The smallest absolute Gasteiger partial charge is 0.306 e. The molecule has 1 atom stereocenters. The maximum Gasteiger partial charge on any atom is 0.306 e. The van der Waals surface area contributed by atoms with E-state index in [1.54, 1.807) is 0 Å². The zero-order valence-electron chi connectivity index (χ0n) is 56.4. The van der Waals surface area contributed by atoms with Crippen molar-refractivity contribution in [3.63, 3.8) is 0 Å². The summed E-state index contributed by atoms with van der Waals surface area (Å²) < 4.78 is 10.8. The summed E-state index contributed by atoms with van der Waals surface area (Å²) in [6.45, 7) is 4.09. The summed E-state index contributed by atoms with van der Waals surface area (Å²) in [6, 6.07) is 0. The van der Waals surface area contributed by atoms with Crippen LogP contribution in [0.2, 0.25) is 0 Å². The van der Waals surface area contributed by atoms with Crippen LogP contribution in [0.4, 0.5) is 0 Å². The lowest BCUT2D eigenvalue weighted by Gasteiger charge is -2.15. The molecule has 0 radical (unpaired) electrons. The largest absolute Gasteiger partial charge is 0.462 e. The highest BCUT2D eigenvalue weighted by Crippen LogP contribution is 2.19. The second-order valence-electron chi connectivity index (χ2n) is 25.4. The van der Waals surface area contributed by atoms with Crippen molar-refractivity contribution < 1.29 is 24.2 Å². The molecule has 0 aromatic carbocycles. The molecule has 0 saturated carbocycles. The maximum atomic E-state index is 12.4. The monoisotopic (exact) mass is 1170 g/mol. The number of allylic oxidation sites excluding steroid dienone is 12. The van der Waals surface area contributed by atoms with Gasteiger partial charge in [-0.15, -0.1) is 0 Å². The van der Waals surface area contributed by atoms with Crippen molar-refractivity contribution in [2.45, 2.75) is 405 Å².